The summed E-state index contributed by atoms with van der Waals surface area (Å²) in [5.41, 5.74) is 0.347. The van der Waals surface area contributed by atoms with Gasteiger partial charge in [0.2, 0.25) is 0 Å². The molecule has 0 radical (unpaired) electrons. The van der Waals surface area contributed by atoms with Crippen LogP contribution in [0.25, 0.3) is 0 Å². The molecule has 0 aliphatic heterocycles. The summed E-state index contributed by atoms with van der Waals surface area (Å²) < 4.78 is 58.2. The summed E-state index contributed by atoms with van der Waals surface area (Å²) in [7, 11) is -18.3. The molecule has 0 saturated heterocycles. The van der Waals surface area contributed by atoms with Crippen LogP contribution in [0.2, 0.25) is 122 Å². The van der Waals surface area contributed by atoms with E-state index in [1.54, 1.807) is 13.0 Å². The van der Waals surface area contributed by atoms with Gasteiger partial charge in [0.15, 0.2) is 49.9 Å². The second kappa shape index (κ2) is 22.4. The van der Waals surface area contributed by atoms with Crippen molar-refractivity contribution < 1.29 is 47.9 Å². The lowest BCUT2D eigenvalue weighted by Gasteiger charge is -2.45. The van der Waals surface area contributed by atoms with Gasteiger partial charge in [0.05, 0.1) is 0 Å². The van der Waals surface area contributed by atoms with Crippen molar-refractivity contribution in [3.8, 4) is 0 Å². The summed E-state index contributed by atoms with van der Waals surface area (Å²) in [6, 6.07) is 3.05. The Morgan fingerprint density at radius 3 is 1.12 bits per heavy atom. The van der Waals surface area contributed by atoms with E-state index in [-0.39, 0.29) is 0 Å². The number of hydrogen-bond acceptors (Lipinski definition) is 10. The van der Waals surface area contributed by atoms with Crippen LogP contribution in [0.1, 0.15) is 19.8 Å². The normalized spacial score (nSPS) is 16.2. The first-order chi connectivity index (χ1) is 22.1. The number of aliphatic carboxylic acids is 1. The zero-order valence-corrected chi connectivity index (χ0v) is 45.3. The van der Waals surface area contributed by atoms with Crippen molar-refractivity contribution in [3.05, 3.63) is 11.6 Å². The van der Waals surface area contributed by atoms with Gasteiger partial charge < -0.3 is 43.1 Å². The van der Waals surface area contributed by atoms with Gasteiger partial charge in [-0.15, -0.1) is 0 Å². The van der Waals surface area contributed by atoms with Crippen molar-refractivity contribution in [2.75, 3.05) is 19.8 Å². The smallest absolute Gasteiger partial charge is 0.469 e. The molecule has 0 unspecified atom stereocenters. The van der Waals surface area contributed by atoms with Crippen LogP contribution in [0.15, 0.2) is 11.6 Å². The number of carboxylic acid groups (broad SMARTS) is 1. The van der Waals surface area contributed by atoms with Gasteiger partial charge in [-0.1, -0.05) is 6.08 Å². The molecule has 0 bridgehead atoms. The Balaban J connectivity index is 6.23. The maximum Gasteiger partial charge on any atom is 0.469 e. The van der Waals surface area contributed by atoms with Gasteiger partial charge in [0, 0.05) is 31.4 Å². The van der Waals surface area contributed by atoms with E-state index in [9.17, 15) is 9.90 Å². The van der Waals surface area contributed by atoms with Crippen molar-refractivity contribution in [1.29, 1.82) is 0 Å². The average Bonchev–Trinajstić information content (AvgIpc) is 2.87. The molecule has 0 atom stereocenters. The van der Waals surface area contributed by atoms with E-state index in [4.69, 9.17) is 38.0 Å². The monoisotopic (exact) mass is 866 g/mol. The highest BCUT2D eigenvalue weighted by molar-refractivity contribution is 6.90. The third kappa shape index (κ3) is 29.1. The van der Waals surface area contributed by atoms with Crippen molar-refractivity contribution in [1.82, 2.24) is 0 Å². The molecule has 292 valence electrons. The maximum atomic E-state index is 11.5. The van der Waals surface area contributed by atoms with Gasteiger partial charge in [0.25, 0.3) is 30.0 Å². The first-order valence-electron chi connectivity index (χ1n) is 17.7. The Hall–Kier alpha value is 1.02. The number of hydrogen-bond donors (Lipinski definition) is 1. The zero-order valence-electron chi connectivity index (χ0n) is 34.1. The highest BCUT2D eigenvalue weighted by atomic mass is 28.5. The summed E-state index contributed by atoms with van der Waals surface area (Å²) in [4.78, 5) is 11.5. The fourth-order valence-corrected chi connectivity index (χ4v) is 27.8. The van der Waals surface area contributed by atoms with Crippen LogP contribution >= 0.6 is 0 Å². The second-order valence-corrected chi connectivity index (χ2v) is 51.9. The zero-order chi connectivity index (χ0) is 38.2. The predicted molar refractivity (Wildman–Crippen MR) is 228 cm³/mol. The lowest BCUT2D eigenvalue weighted by Crippen LogP contribution is -2.62. The number of rotatable bonds is 29. The van der Waals surface area contributed by atoms with Gasteiger partial charge in [-0.05, 0) is 136 Å². The largest absolute Gasteiger partial charge is 0.478 e. The van der Waals surface area contributed by atoms with Gasteiger partial charge in [-0.2, -0.15) is 0 Å². The van der Waals surface area contributed by atoms with Crippen molar-refractivity contribution >= 4 is 94.7 Å². The predicted octanol–water partition coefficient (Wildman–Crippen LogP) is 6.00. The van der Waals surface area contributed by atoms with Crippen LogP contribution in [0.3, 0.4) is 0 Å². The minimum atomic E-state index is -3.29. The molecule has 0 saturated carbocycles. The highest BCUT2D eigenvalue weighted by Gasteiger charge is 2.52. The van der Waals surface area contributed by atoms with Gasteiger partial charge in [-0.3, -0.25) is 0 Å². The number of allylic oxidation sites excluding steroid dienone is 1. The third-order valence-electron chi connectivity index (χ3n) is 7.04. The Kier molecular flexibility index (Phi) is 22.9. The van der Waals surface area contributed by atoms with Crippen molar-refractivity contribution in [2.45, 2.75) is 142 Å². The molecule has 0 spiro atoms. The summed E-state index contributed by atoms with van der Waals surface area (Å²) in [5.74, 6) is -0.896. The summed E-state index contributed by atoms with van der Waals surface area (Å²) in [5, 5.41) is 9.43. The Labute approximate surface area is 314 Å². The lowest BCUT2D eigenvalue weighted by atomic mass is 10.2. The molecule has 0 heterocycles. The van der Waals surface area contributed by atoms with E-state index in [2.05, 4.69) is 98.2 Å². The standard InChI is InChI=1S/C28H74O11Si10/c1-27(28(29)30)19-17-18-23-49(37-46(11,12)24-20-31-40-34-43(2,3)4,38-47(13,14)25-21-32-41-35-44(5,6)7)39-48(15,16)26-22-33-42-36-45(8,9)10/h19H,17-18,20-26,40-42H2,1-16H3,(H,29,30). The summed E-state index contributed by atoms with van der Waals surface area (Å²) >= 11 is 0. The van der Waals surface area contributed by atoms with Crippen molar-refractivity contribution in [3.63, 3.8) is 0 Å². The molecular weight excluding hydrogens is 793 g/mol. The van der Waals surface area contributed by atoms with Crippen LogP contribution in [-0.4, -0.2) is 120 Å². The molecule has 0 aliphatic carbocycles. The number of carboxylic acids is 1. The first-order valence-corrected chi connectivity index (χ1v) is 42.7. The Morgan fingerprint density at radius 2 is 0.857 bits per heavy atom. The van der Waals surface area contributed by atoms with Crippen LogP contribution in [0.4, 0.5) is 0 Å². The maximum absolute atomic E-state index is 11.5. The van der Waals surface area contributed by atoms with Crippen LogP contribution in [-0.2, 0) is 42.8 Å². The fraction of sp³-hybridized carbons (Fsp3) is 0.893. The topological polar surface area (TPSA) is 120 Å². The van der Waals surface area contributed by atoms with Gasteiger partial charge in [0.1, 0.15) is 0 Å². The number of unbranched alkanes of at least 4 members (excludes halogenated alkanes) is 1. The van der Waals surface area contributed by atoms with Crippen LogP contribution in [0.5, 0.6) is 0 Å². The quantitative estimate of drug-likeness (QED) is 0.0542. The van der Waals surface area contributed by atoms with E-state index < -0.39 is 94.7 Å². The molecule has 11 nitrogen and oxygen atoms in total. The molecule has 0 aromatic heterocycles. The average molecular weight is 868 g/mol. The van der Waals surface area contributed by atoms with E-state index in [0.717, 1.165) is 18.1 Å². The Morgan fingerprint density at radius 1 is 0.551 bits per heavy atom. The Bertz CT molecular complexity index is 889. The van der Waals surface area contributed by atoms with Crippen LogP contribution < -0.4 is 0 Å². The molecule has 0 aliphatic rings. The number of carbonyl (C=O) groups is 1. The van der Waals surface area contributed by atoms with Gasteiger partial charge in [-0.25, -0.2) is 4.79 Å². The SMILES string of the molecule is CC(=CCCC[Si](O[Si](C)(C)CCO[SiH2]O[Si](C)(C)C)(O[Si](C)(C)CCO[SiH2]O[Si](C)(C)C)O[Si](C)(C)CCO[SiH2]O[Si](C)(C)C)C(=O)O. The molecule has 0 aromatic carbocycles. The molecule has 0 aromatic rings. The fourth-order valence-electron chi connectivity index (χ4n) is 4.14. The molecule has 0 fully saturated rings. The molecule has 0 amide bonds. The molecule has 49 heavy (non-hydrogen) atoms. The third-order valence-corrected chi connectivity index (χ3v) is 35.8. The van der Waals surface area contributed by atoms with Crippen LogP contribution in [0, 0.1) is 0 Å². The molecule has 1 N–H and O–H groups in total. The van der Waals surface area contributed by atoms with E-state index in [1.165, 1.54) is 0 Å². The second-order valence-electron chi connectivity index (χ2n) is 17.5. The summed E-state index contributed by atoms with van der Waals surface area (Å²) in [6.07, 6.45) is 3.12. The molecule has 0 rings (SSSR count). The van der Waals surface area contributed by atoms with Crippen molar-refractivity contribution in [2.24, 2.45) is 0 Å². The van der Waals surface area contributed by atoms with Gasteiger partial charge >= 0.3 is 14.8 Å². The van der Waals surface area contributed by atoms with E-state index >= 15 is 0 Å². The lowest BCUT2D eigenvalue weighted by molar-refractivity contribution is -0.132. The van der Waals surface area contributed by atoms with E-state index in [0.29, 0.717) is 44.3 Å². The molecule has 21 heteroatoms. The van der Waals surface area contributed by atoms with E-state index in [1.807, 2.05) is 0 Å². The summed E-state index contributed by atoms with van der Waals surface area (Å²) in [6.45, 7) is 36.5. The highest BCUT2D eigenvalue weighted by Crippen LogP contribution is 2.34. The molecular formula is C28H74O11Si10. The minimum absolute atomic E-state index is 0.347. The first kappa shape index (κ1) is 50.0. The minimum Gasteiger partial charge on any atom is -0.478 e.